The van der Waals surface area contributed by atoms with Crippen molar-refractivity contribution in [3.63, 3.8) is 0 Å². The summed E-state index contributed by atoms with van der Waals surface area (Å²) < 4.78 is 35.4. The Bertz CT molecular complexity index is 917. The summed E-state index contributed by atoms with van der Waals surface area (Å²) in [5.74, 6) is 0.243. The van der Waals surface area contributed by atoms with Crippen LogP contribution in [0.25, 0.3) is 0 Å². The molecule has 0 spiro atoms. The van der Waals surface area contributed by atoms with Crippen LogP contribution in [0.2, 0.25) is 0 Å². The quantitative estimate of drug-likeness (QED) is 0.102. The molecule has 8 nitrogen and oxygen atoms in total. The SMILES string of the molecule is CC=COCC(CC)(COC=CC)COC(=O)C12CC3CC(C1)CC(C(=O)OCC(CC)(COC=CC)COC=CC)(C3)C2. The standard InChI is InChI=1S/C36H56O8/c1-7-13-39-23-33(11-5,24-40-14-8-2)27-43-31(37)35-18-29-17-30(19-35)21-36(20-29,22-35)32(38)44-28-34(12-6,25-41-15-9-3)26-42-16-10-4/h7-10,13-16,29-30H,11-12,17-28H2,1-6H3. The maximum absolute atomic E-state index is 14.0. The zero-order valence-electron chi connectivity index (χ0n) is 27.9. The van der Waals surface area contributed by atoms with Gasteiger partial charge in [0.15, 0.2) is 0 Å². The molecule has 0 radical (unpaired) electrons. The molecule has 44 heavy (non-hydrogen) atoms. The molecule has 0 N–H and O–H groups in total. The van der Waals surface area contributed by atoms with Gasteiger partial charge in [0.1, 0.15) is 13.2 Å². The molecule has 0 unspecified atom stereocenters. The number of hydrogen-bond donors (Lipinski definition) is 0. The highest BCUT2D eigenvalue weighted by Gasteiger charge is 2.64. The summed E-state index contributed by atoms with van der Waals surface area (Å²) in [6.45, 7) is 13.6. The summed E-state index contributed by atoms with van der Waals surface area (Å²) in [5, 5.41) is 0. The van der Waals surface area contributed by atoms with Crippen molar-refractivity contribution in [2.24, 2.45) is 33.5 Å². The van der Waals surface area contributed by atoms with Crippen molar-refractivity contribution in [3.05, 3.63) is 49.4 Å². The maximum atomic E-state index is 14.0. The van der Waals surface area contributed by atoms with Crippen LogP contribution in [0.15, 0.2) is 49.4 Å². The van der Waals surface area contributed by atoms with Gasteiger partial charge in [-0.3, -0.25) is 9.59 Å². The molecule has 0 amide bonds. The Morgan fingerprint density at radius 2 is 0.909 bits per heavy atom. The minimum atomic E-state index is -0.664. The molecule has 4 rings (SSSR count). The number of hydrogen-bond acceptors (Lipinski definition) is 8. The number of ether oxygens (including phenoxy) is 6. The van der Waals surface area contributed by atoms with Crippen molar-refractivity contribution in [3.8, 4) is 0 Å². The molecule has 0 aromatic carbocycles. The van der Waals surface area contributed by atoms with E-state index in [1.165, 1.54) is 0 Å². The maximum Gasteiger partial charge on any atom is 0.312 e. The van der Waals surface area contributed by atoms with Gasteiger partial charge in [-0.05, 0) is 90.9 Å². The zero-order valence-corrected chi connectivity index (χ0v) is 27.9. The number of carbonyl (C=O) groups excluding carboxylic acids is 2. The fourth-order valence-electron chi connectivity index (χ4n) is 7.63. The predicted octanol–water partition coefficient (Wildman–Crippen LogP) is 7.65. The van der Waals surface area contributed by atoms with Gasteiger partial charge in [-0.15, -0.1) is 0 Å². The number of carbonyl (C=O) groups is 2. The van der Waals surface area contributed by atoms with Crippen molar-refractivity contribution >= 4 is 11.9 Å². The lowest BCUT2D eigenvalue weighted by molar-refractivity contribution is -0.199. The molecule has 4 fully saturated rings. The van der Waals surface area contributed by atoms with E-state index in [2.05, 4.69) is 13.8 Å². The first-order valence-corrected chi connectivity index (χ1v) is 16.4. The van der Waals surface area contributed by atoms with Gasteiger partial charge in [-0.25, -0.2) is 0 Å². The van der Waals surface area contributed by atoms with E-state index in [0.717, 1.165) is 44.9 Å². The van der Waals surface area contributed by atoms with Crippen molar-refractivity contribution in [1.29, 1.82) is 0 Å². The van der Waals surface area contributed by atoms with Gasteiger partial charge >= 0.3 is 11.9 Å². The lowest BCUT2D eigenvalue weighted by atomic mass is 9.44. The summed E-state index contributed by atoms with van der Waals surface area (Å²) in [4.78, 5) is 28.0. The third-order valence-electron chi connectivity index (χ3n) is 9.93. The first-order valence-electron chi connectivity index (χ1n) is 16.4. The molecule has 8 heteroatoms. The minimum absolute atomic E-state index is 0.193. The van der Waals surface area contributed by atoms with E-state index in [1.54, 1.807) is 25.0 Å². The van der Waals surface area contributed by atoms with Crippen molar-refractivity contribution < 1.29 is 38.0 Å². The third kappa shape index (κ3) is 8.63. The molecule has 4 aliphatic carbocycles. The number of esters is 2. The van der Waals surface area contributed by atoms with E-state index < -0.39 is 21.7 Å². The van der Waals surface area contributed by atoms with Crippen LogP contribution in [-0.2, 0) is 38.0 Å². The zero-order chi connectivity index (χ0) is 32.1. The van der Waals surface area contributed by atoms with Crippen LogP contribution in [-0.4, -0.2) is 51.6 Å². The fraction of sp³-hybridized carbons (Fsp3) is 0.722. The molecule has 0 atom stereocenters. The monoisotopic (exact) mass is 616 g/mol. The molecular weight excluding hydrogens is 560 g/mol. The number of allylic oxidation sites excluding steroid dienone is 4. The van der Waals surface area contributed by atoms with Crippen molar-refractivity contribution in [1.82, 2.24) is 0 Å². The Morgan fingerprint density at radius 3 is 1.18 bits per heavy atom. The van der Waals surface area contributed by atoms with Gasteiger partial charge in [0.2, 0.25) is 0 Å². The number of rotatable bonds is 20. The second kappa shape index (κ2) is 16.4. The molecular formula is C36H56O8. The van der Waals surface area contributed by atoms with E-state index in [9.17, 15) is 9.59 Å². The summed E-state index contributed by atoms with van der Waals surface area (Å²) in [5.41, 5.74) is -2.30. The lowest BCUT2D eigenvalue weighted by Crippen LogP contribution is -2.58. The molecule has 0 heterocycles. The van der Waals surface area contributed by atoms with E-state index in [4.69, 9.17) is 28.4 Å². The van der Waals surface area contributed by atoms with Gasteiger partial charge in [0, 0.05) is 0 Å². The van der Waals surface area contributed by atoms with Gasteiger partial charge < -0.3 is 28.4 Å². The summed E-state index contributed by atoms with van der Waals surface area (Å²) in [7, 11) is 0. The molecule has 0 aromatic heterocycles. The van der Waals surface area contributed by atoms with Crippen LogP contribution >= 0.6 is 0 Å². The highest BCUT2D eigenvalue weighted by atomic mass is 16.5. The molecule has 248 valence electrons. The van der Waals surface area contributed by atoms with Gasteiger partial charge in [-0.1, -0.05) is 38.2 Å². The topological polar surface area (TPSA) is 89.5 Å². The van der Waals surface area contributed by atoms with Crippen LogP contribution in [0.5, 0.6) is 0 Å². The minimum Gasteiger partial charge on any atom is -0.501 e. The average Bonchev–Trinajstić information content (AvgIpc) is 3.01. The van der Waals surface area contributed by atoms with E-state index in [-0.39, 0.29) is 25.2 Å². The molecule has 4 bridgehead atoms. The summed E-state index contributed by atoms with van der Waals surface area (Å²) >= 11 is 0. The predicted molar refractivity (Wildman–Crippen MR) is 170 cm³/mol. The van der Waals surface area contributed by atoms with Crippen LogP contribution in [0.4, 0.5) is 0 Å². The Hall–Kier alpha value is -2.90. The Balaban J connectivity index is 1.74. The fourth-order valence-corrected chi connectivity index (χ4v) is 7.63. The Labute approximate surface area is 265 Å². The molecule has 0 aliphatic heterocycles. The van der Waals surface area contributed by atoms with Crippen LogP contribution in [0.1, 0.15) is 92.9 Å². The second-order valence-corrected chi connectivity index (χ2v) is 13.5. The lowest BCUT2D eigenvalue weighted by Gasteiger charge is -2.59. The summed E-state index contributed by atoms with van der Waals surface area (Å²) in [6, 6.07) is 0. The Kier molecular flexibility index (Phi) is 13.3. The molecule has 4 saturated carbocycles. The molecule has 4 aliphatic rings. The van der Waals surface area contributed by atoms with E-state index in [0.29, 0.717) is 44.7 Å². The average molecular weight is 617 g/mol. The highest BCUT2D eigenvalue weighted by molar-refractivity contribution is 5.83. The van der Waals surface area contributed by atoms with Gasteiger partial charge in [0.25, 0.3) is 0 Å². The van der Waals surface area contributed by atoms with Gasteiger partial charge in [0.05, 0.1) is 73.1 Å². The molecule has 0 aromatic rings. The third-order valence-corrected chi connectivity index (χ3v) is 9.93. The first-order chi connectivity index (χ1) is 21.2. The van der Waals surface area contributed by atoms with Crippen molar-refractivity contribution in [2.75, 3.05) is 39.6 Å². The van der Waals surface area contributed by atoms with E-state index in [1.807, 2.05) is 52.0 Å². The smallest absolute Gasteiger partial charge is 0.312 e. The molecule has 0 saturated heterocycles. The summed E-state index contributed by atoms with van der Waals surface area (Å²) in [6.07, 6.45) is 20.0. The second-order valence-electron chi connectivity index (χ2n) is 13.5. The van der Waals surface area contributed by atoms with Crippen LogP contribution in [0, 0.1) is 33.5 Å². The highest BCUT2D eigenvalue weighted by Crippen LogP contribution is 2.66. The van der Waals surface area contributed by atoms with Crippen LogP contribution < -0.4 is 0 Å². The van der Waals surface area contributed by atoms with Gasteiger partial charge in [-0.2, -0.15) is 0 Å². The normalized spacial score (nSPS) is 28.8. The first kappa shape index (κ1) is 35.6. The largest absolute Gasteiger partial charge is 0.501 e. The van der Waals surface area contributed by atoms with E-state index >= 15 is 0 Å². The van der Waals surface area contributed by atoms with Crippen molar-refractivity contribution in [2.45, 2.75) is 92.9 Å². The Morgan fingerprint density at radius 1 is 0.591 bits per heavy atom. The van der Waals surface area contributed by atoms with Crippen LogP contribution in [0.3, 0.4) is 0 Å².